The van der Waals surface area contributed by atoms with Crippen LogP contribution in [0.5, 0.6) is 0 Å². The van der Waals surface area contributed by atoms with Crippen molar-refractivity contribution >= 4 is 35.3 Å². The number of aryl methyl sites for hydroxylation is 1. The number of benzene rings is 1. The lowest BCUT2D eigenvalue weighted by atomic mass is 10.1. The topological polar surface area (TPSA) is 96.2 Å². The van der Waals surface area contributed by atoms with Crippen LogP contribution in [0.25, 0.3) is 5.65 Å². The van der Waals surface area contributed by atoms with Crippen LogP contribution >= 0.6 is 0 Å². The van der Waals surface area contributed by atoms with E-state index in [2.05, 4.69) is 33.0 Å². The summed E-state index contributed by atoms with van der Waals surface area (Å²) in [6.45, 7) is 2.20. The van der Waals surface area contributed by atoms with Gasteiger partial charge in [-0.05, 0) is 43.9 Å². The lowest BCUT2D eigenvalue weighted by molar-refractivity contribution is -0.105. The average molecular weight is 379 g/mol. The molecule has 28 heavy (non-hydrogen) atoms. The van der Waals surface area contributed by atoms with Crippen molar-refractivity contribution in [1.29, 1.82) is 0 Å². The van der Waals surface area contributed by atoms with E-state index >= 15 is 0 Å². The first kappa shape index (κ1) is 18.2. The average Bonchev–Trinajstić information content (AvgIpc) is 3.41. The molecule has 0 radical (unpaired) electrons. The molecule has 3 N–H and O–H groups in total. The molecule has 0 spiro atoms. The molecule has 2 aromatic heterocycles. The quantitative estimate of drug-likeness (QED) is 0.367. The van der Waals surface area contributed by atoms with Crippen molar-refractivity contribution in [3.05, 3.63) is 36.0 Å². The third-order valence-electron chi connectivity index (χ3n) is 4.75. The van der Waals surface area contributed by atoms with E-state index in [4.69, 9.17) is 4.98 Å². The fourth-order valence-electron chi connectivity index (χ4n) is 3.11. The van der Waals surface area contributed by atoms with E-state index in [-0.39, 0.29) is 0 Å². The van der Waals surface area contributed by atoms with E-state index in [1.165, 1.54) is 12.8 Å². The van der Waals surface area contributed by atoms with E-state index < -0.39 is 0 Å². The molecule has 8 nitrogen and oxygen atoms in total. The summed E-state index contributed by atoms with van der Waals surface area (Å²) in [5.41, 5.74) is 3.48. The number of carbonyl (C=O) groups excluding carboxylic acids is 1. The molecular formula is C20H25N7O. The molecule has 4 rings (SSSR count). The van der Waals surface area contributed by atoms with Gasteiger partial charge in [-0.15, -0.1) is 0 Å². The Bertz CT molecular complexity index is 964. The highest BCUT2D eigenvalue weighted by Crippen LogP contribution is 2.26. The second-order valence-electron chi connectivity index (χ2n) is 7.12. The zero-order valence-electron chi connectivity index (χ0n) is 16.0. The molecule has 0 atom stereocenters. The summed E-state index contributed by atoms with van der Waals surface area (Å²) in [6.07, 6.45) is 9.31. The first-order valence-electron chi connectivity index (χ1n) is 9.85. The molecular weight excluding hydrogens is 354 g/mol. The molecule has 1 saturated carbocycles. The van der Waals surface area contributed by atoms with E-state index in [1.807, 2.05) is 30.5 Å². The van der Waals surface area contributed by atoms with Crippen molar-refractivity contribution in [2.24, 2.45) is 0 Å². The zero-order valence-corrected chi connectivity index (χ0v) is 16.0. The first-order valence-corrected chi connectivity index (χ1v) is 9.85. The maximum absolute atomic E-state index is 10.7. The van der Waals surface area contributed by atoms with Crippen LogP contribution < -0.4 is 16.0 Å². The maximum atomic E-state index is 10.7. The molecule has 1 fully saturated rings. The third kappa shape index (κ3) is 4.21. The second kappa shape index (κ2) is 8.24. The smallest absolute Gasteiger partial charge is 0.232 e. The van der Waals surface area contributed by atoms with Crippen molar-refractivity contribution < 1.29 is 4.79 Å². The van der Waals surface area contributed by atoms with Gasteiger partial charge in [-0.2, -0.15) is 19.6 Å². The number of aromatic nitrogens is 4. The normalized spacial score (nSPS) is 13.5. The summed E-state index contributed by atoms with van der Waals surface area (Å²) in [4.78, 5) is 20.0. The Balaban J connectivity index is 1.65. The van der Waals surface area contributed by atoms with Crippen LogP contribution in [0.2, 0.25) is 0 Å². The number of carbonyl (C=O) groups is 1. The predicted molar refractivity (Wildman–Crippen MR) is 110 cm³/mol. The van der Waals surface area contributed by atoms with Crippen molar-refractivity contribution in [2.75, 3.05) is 16.0 Å². The lowest BCUT2D eigenvalue weighted by Gasteiger charge is -2.11. The van der Waals surface area contributed by atoms with Gasteiger partial charge in [0.05, 0.1) is 6.20 Å². The summed E-state index contributed by atoms with van der Waals surface area (Å²) in [5, 5.41) is 13.9. The maximum Gasteiger partial charge on any atom is 0.232 e. The minimum Gasteiger partial charge on any atom is -0.351 e. The Morgan fingerprint density at radius 1 is 1.21 bits per heavy atom. The van der Waals surface area contributed by atoms with Gasteiger partial charge in [-0.25, -0.2) is 0 Å². The largest absolute Gasteiger partial charge is 0.351 e. The first-order chi connectivity index (χ1) is 13.8. The highest BCUT2D eigenvalue weighted by atomic mass is 16.1. The summed E-state index contributed by atoms with van der Waals surface area (Å²) in [6, 6.07) is 7.90. The van der Waals surface area contributed by atoms with Crippen LogP contribution in [-0.2, 0) is 11.2 Å². The minimum atomic E-state index is 0.457. The van der Waals surface area contributed by atoms with Gasteiger partial charge >= 0.3 is 0 Å². The SMILES string of the molecule is CCCCCc1cnn2c(NC3CC3)nc(Nc3cccc(NC=O)c3)nc12. The third-order valence-corrected chi connectivity index (χ3v) is 4.75. The number of anilines is 4. The Hall–Kier alpha value is -3.16. The molecule has 3 aromatic rings. The number of unbranched alkanes of at least 4 members (excludes halogenated alkanes) is 2. The Labute approximate surface area is 163 Å². The fourth-order valence-corrected chi connectivity index (χ4v) is 3.11. The van der Waals surface area contributed by atoms with Crippen molar-refractivity contribution in [3.63, 3.8) is 0 Å². The van der Waals surface area contributed by atoms with Gasteiger partial charge in [0.15, 0.2) is 5.65 Å². The summed E-state index contributed by atoms with van der Waals surface area (Å²) in [7, 11) is 0. The van der Waals surface area contributed by atoms with E-state index in [0.29, 0.717) is 30.0 Å². The van der Waals surface area contributed by atoms with Gasteiger partial charge in [0.25, 0.3) is 0 Å². The predicted octanol–water partition coefficient (Wildman–Crippen LogP) is 3.74. The summed E-state index contributed by atoms with van der Waals surface area (Å²) in [5.74, 6) is 1.22. The molecule has 1 aliphatic rings. The van der Waals surface area contributed by atoms with Gasteiger partial charge < -0.3 is 16.0 Å². The minimum absolute atomic E-state index is 0.457. The van der Waals surface area contributed by atoms with Gasteiger partial charge in [0, 0.05) is 23.0 Å². The van der Waals surface area contributed by atoms with E-state index in [1.54, 1.807) is 4.52 Å². The number of fused-ring (bicyclic) bond motifs is 1. The van der Waals surface area contributed by atoms with Gasteiger partial charge in [-0.1, -0.05) is 25.8 Å². The number of hydrogen-bond donors (Lipinski definition) is 3. The molecule has 146 valence electrons. The highest BCUT2D eigenvalue weighted by molar-refractivity contribution is 5.74. The molecule has 8 heteroatoms. The number of nitrogens with zero attached hydrogens (tertiary/aromatic N) is 4. The second-order valence-corrected chi connectivity index (χ2v) is 7.12. The van der Waals surface area contributed by atoms with Gasteiger partial charge in [-0.3, -0.25) is 4.79 Å². The molecule has 1 aliphatic carbocycles. The van der Waals surface area contributed by atoms with E-state index in [9.17, 15) is 4.79 Å². The molecule has 1 aromatic carbocycles. The zero-order chi connectivity index (χ0) is 19.3. The van der Waals surface area contributed by atoms with Crippen molar-refractivity contribution in [2.45, 2.75) is 51.5 Å². The molecule has 0 saturated heterocycles. The van der Waals surface area contributed by atoms with Crippen LogP contribution in [0.3, 0.4) is 0 Å². The number of rotatable bonds is 10. The number of amides is 1. The summed E-state index contributed by atoms with van der Waals surface area (Å²) < 4.78 is 1.80. The molecule has 0 unspecified atom stereocenters. The molecule has 0 bridgehead atoms. The van der Waals surface area contributed by atoms with E-state index in [0.717, 1.165) is 42.6 Å². The number of nitrogens with one attached hydrogen (secondary N) is 3. The Morgan fingerprint density at radius 2 is 2.07 bits per heavy atom. The lowest BCUT2D eigenvalue weighted by Crippen LogP contribution is -2.12. The van der Waals surface area contributed by atoms with Crippen molar-refractivity contribution in [3.8, 4) is 0 Å². The molecule has 1 amide bonds. The number of hydrogen-bond acceptors (Lipinski definition) is 6. The Morgan fingerprint density at radius 3 is 2.86 bits per heavy atom. The van der Waals surface area contributed by atoms with Crippen LogP contribution in [0.1, 0.15) is 44.6 Å². The van der Waals surface area contributed by atoms with Crippen LogP contribution in [0.15, 0.2) is 30.5 Å². The summed E-state index contributed by atoms with van der Waals surface area (Å²) >= 11 is 0. The van der Waals surface area contributed by atoms with Crippen LogP contribution in [-0.4, -0.2) is 32.0 Å². The fraction of sp³-hybridized carbons (Fsp3) is 0.400. The van der Waals surface area contributed by atoms with Gasteiger partial charge in [0.2, 0.25) is 18.3 Å². The van der Waals surface area contributed by atoms with Crippen LogP contribution in [0, 0.1) is 0 Å². The highest BCUT2D eigenvalue weighted by Gasteiger charge is 2.24. The standard InChI is InChI=1S/C20H25N7O/c1-2-3-4-6-14-12-22-27-18(14)25-19(26-20(27)24-15-9-10-15)23-17-8-5-7-16(11-17)21-13-28/h5,7-8,11-13,15H,2-4,6,9-10H2,1H3,(H,21,28)(H2,23,24,25,26). The molecule has 0 aliphatic heterocycles. The van der Waals surface area contributed by atoms with Crippen molar-refractivity contribution in [1.82, 2.24) is 19.6 Å². The van der Waals surface area contributed by atoms with Gasteiger partial charge in [0.1, 0.15) is 0 Å². The molecule has 2 heterocycles. The Kier molecular flexibility index (Phi) is 5.36. The van der Waals surface area contributed by atoms with Crippen LogP contribution in [0.4, 0.5) is 23.3 Å². The monoisotopic (exact) mass is 379 g/mol.